The number of ether oxygens (including phenoxy) is 6. The van der Waals surface area contributed by atoms with Crippen molar-refractivity contribution >= 4 is 55.7 Å². The summed E-state index contributed by atoms with van der Waals surface area (Å²) in [6.07, 6.45) is 0.419. The molecule has 368 valence electrons. The highest BCUT2D eigenvalue weighted by molar-refractivity contribution is 7.85. The highest BCUT2D eigenvalue weighted by Crippen LogP contribution is 2.30. The number of esters is 1. The molecule has 5 rings (SSSR count). The van der Waals surface area contributed by atoms with Gasteiger partial charge in [-0.15, -0.1) is 4.73 Å². The molecule has 0 saturated heterocycles. The Bertz CT molecular complexity index is 2500. The van der Waals surface area contributed by atoms with Gasteiger partial charge >= 0.3 is 11.9 Å². The minimum atomic E-state index is -4.14. The van der Waals surface area contributed by atoms with Crippen LogP contribution in [0.4, 0.5) is 0 Å². The third kappa shape index (κ3) is 16.5. The van der Waals surface area contributed by atoms with Crippen molar-refractivity contribution in [2.24, 2.45) is 0 Å². The lowest BCUT2D eigenvalue weighted by atomic mass is 10.0. The molecule has 0 atom stereocenters. The van der Waals surface area contributed by atoms with E-state index in [4.69, 9.17) is 33.3 Å². The predicted molar refractivity (Wildman–Crippen MR) is 246 cm³/mol. The first-order valence-electron chi connectivity index (χ1n) is 22.1. The van der Waals surface area contributed by atoms with Crippen LogP contribution in [0.3, 0.4) is 0 Å². The molecule has 5 N–H and O–H groups in total. The predicted octanol–water partition coefficient (Wildman–Crippen LogP) is 3.36. The molecule has 0 radical (unpaired) electrons. The number of hydrogen-bond donors (Lipinski definition) is 5. The molecule has 0 fully saturated rings. The lowest BCUT2D eigenvalue weighted by molar-refractivity contribution is -0.645. The molecule has 5 aromatic rings. The van der Waals surface area contributed by atoms with E-state index in [2.05, 4.69) is 10.6 Å². The summed E-state index contributed by atoms with van der Waals surface area (Å²) in [5.41, 5.74) is 3.34. The zero-order chi connectivity index (χ0) is 48.9. The number of nitrogens with zero attached hydrogens (tertiary/aromatic N) is 2. The number of fused-ring (bicyclic) bond motifs is 2. The number of benzene rings is 3. The average Bonchev–Trinajstić information content (AvgIpc) is 3.62. The average molecular weight is 968 g/mol. The molecule has 0 bridgehead atoms. The van der Waals surface area contributed by atoms with Gasteiger partial charge in [0.05, 0.1) is 88.2 Å². The number of carbonyl (C=O) groups excluding carboxylic acids is 4. The topological polar surface area (TPSA) is 261 Å². The van der Waals surface area contributed by atoms with Crippen molar-refractivity contribution in [2.45, 2.75) is 46.1 Å². The second-order valence-corrected chi connectivity index (χ2v) is 16.9. The van der Waals surface area contributed by atoms with Crippen molar-refractivity contribution in [1.29, 1.82) is 0 Å². The maximum Gasteiger partial charge on any atom is 0.345 e. The minimum absolute atomic E-state index is 0.0751. The molecule has 0 unspecified atom stereocenters. The molecule has 21 heteroatoms. The van der Waals surface area contributed by atoms with Gasteiger partial charge in [-0.2, -0.15) is 13.0 Å². The first-order valence-corrected chi connectivity index (χ1v) is 23.7. The van der Waals surface area contributed by atoms with E-state index in [1.165, 1.54) is 12.1 Å². The lowest BCUT2D eigenvalue weighted by Crippen LogP contribution is -2.37. The fraction of sp³-hybridized carbons (Fsp3) is 0.426. The van der Waals surface area contributed by atoms with Crippen LogP contribution in [0.5, 0.6) is 17.5 Å². The SMILES string of the molecule is Cc1cc(C(=O)NCCOCCOCCOCCOCCOCCNC(=O)CCCC(=O)On2c(O)ccc2O)cc(C)c1OC(=O)c1c2ccccc2[n+](CCCS(=O)(=O)O)c2ccccc12. The van der Waals surface area contributed by atoms with Gasteiger partial charge in [0.2, 0.25) is 28.7 Å². The monoisotopic (exact) mass is 967 g/mol. The third-order valence-electron chi connectivity index (χ3n) is 10.2. The van der Waals surface area contributed by atoms with Gasteiger partial charge in [-0.1, -0.05) is 24.3 Å². The number of rotatable bonds is 30. The Morgan fingerprint density at radius 2 is 1.13 bits per heavy atom. The third-order valence-corrected chi connectivity index (χ3v) is 11.0. The number of aryl methyl sites for hydroxylation is 3. The van der Waals surface area contributed by atoms with Crippen molar-refractivity contribution in [3.05, 3.63) is 95.1 Å². The van der Waals surface area contributed by atoms with Crippen molar-refractivity contribution in [3.63, 3.8) is 0 Å². The first-order chi connectivity index (χ1) is 32.7. The highest BCUT2D eigenvalue weighted by atomic mass is 32.2. The van der Waals surface area contributed by atoms with Gasteiger partial charge in [-0.25, -0.2) is 9.59 Å². The first kappa shape index (κ1) is 52.8. The molecule has 0 aliphatic carbocycles. The number of aromatic hydroxyl groups is 2. The van der Waals surface area contributed by atoms with Crippen LogP contribution >= 0.6 is 0 Å². The smallest absolute Gasteiger partial charge is 0.345 e. The second-order valence-electron chi connectivity index (χ2n) is 15.4. The van der Waals surface area contributed by atoms with Gasteiger partial charge in [0.1, 0.15) is 5.75 Å². The number of nitrogens with one attached hydrogen (secondary N) is 2. The second kappa shape index (κ2) is 27.0. The van der Waals surface area contributed by atoms with Gasteiger partial charge in [-0.05, 0) is 55.7 Å². The van der Waals surface area contributed by atoms with E-state index in [9.17, 15) is 42.4 Å². The molecule has 0 aliphatic rings. The number of amides is 2. The Kier molecular flexibility index (Phi) is 20.9. The molecule has 0 spiro atoms. The zero-order valence-electron chi connectivity index (χ0n) is 38.1. The summed E-state index contributed by atoms with van der Waals surface area (Å²) in [5.74, 6) is -2.75. The summed E-state index contributed by atoms with van der Waals surface area (Å²) in [6, 6.07) is 20.2. The number of pyridine rings is 1. The van der Waals surface area contributed by atoms with Gasteiger partial charge < -0.3 is 54.1 Å². The zero-order valence-corrected chi connectivity index (χ0v) is 38.9. The van der Waals surface area contributed by atoms with E-state index < -0.39 is 39.6 Å². The lowest BCUT2D eigenvalue weighted by Gasteiger charge is -2.15. The Balaban J connectivity index is 0.886. The summed E-state index contributed by atoms with van der Waals surface area (Å²) in [6.45, 7) is 7.78. The van der Waals surface area contributed by atoms with Crippen LogP contribution in [-0.2, 0) is 49.9 Å². The Morgan fingerprint density at radius 3 is 1.65 bits per heavy atom. The Hall–Kier alpha value is -6.20. The summed E-state index contributed by atoms with van der Waals surface area (Å²) < 4.78 is 68.2. The van der Waals surface area contributed by atoms with E-state index >= 15 is 0 Å². The molecule has 0 saturated carbocycles. The van der Waals surface area contributed by atoms with Crippen molar-refractivity contribution < 1.29 is 80.2 Å². The molecule has 2 aromatic heterocycles. The number of aromatic nitrogens is 2. The van der Waals surface area contributed by atoms with Crippen LogP contribution in [0.2, 0.25) is 0 Å². The molecule has 68 heavy (non-hydrogen) atoms. The molecule has 3 aromatic carbocycles. The molecular formula is C47H59N4O16S+. The van der Waals surface area contributed by atoms with Gasteiger partial charge in [0, 0.05) is 62.2 Å². The van der Waals surface area contributed by atoms with Crippen LogP contribution in [0, 0.1) is 13.8 Å². The summed E-state index contributed by atoms with van der Waals surface area (Å²) in [4.78, 5) is 55.6. The van der Waals surface area contributed by atoms with Crippen molar-refractivity contribution in [3.8, 4) is 17.5 Å². The van der Waals surface area contributed by atoms with Crippen molar-refractivity contribution in [2.75, 3.05) is 84.9 Å². The van der Waals surface area contributed by atoms with Crippen LogP contribution in [0.25, 0.3) is 21.8 Å². The molecule has 0 aliphatic heterocycles. The van der Waals surface area contributed by atoms with E-state index in [-0.39, 0.29) is 63.8 Å². The molecule has 2 heterocycles. The van der Waals surface area contributed by atoms with E-state index in [1.54, 1.807) is 26.0 Å². The van der Waals surface area contributed by atoms with Crippen molar-refractivity contribution in [1.82, 2.24) is 15.4 Å². The maximum atomic E-state index is 14.0. The fourth-order valence-corrected chi connectivity index (χ4v) is 7.57. The maximum absolute atomic E-state index is 14.0. The van der Waals surface area contributed by atoms with Crippen LogP contribution in [-0.4, -0.2) is 137 Å². The van der Waals surface area contributed by atoms with E-state index in [0.717, 1.165) is 0 Å². The quantitative estimate of drug-likeness (QED) is 0.0110. The molecular weight excluding hydrogens is 909 g/mol. The fourth-order valence-electron chi connectivity index (χ4n) is 7.08. The Morgan fingerprint density at radius 1 is 0.647 bits per heavy atom. The largest absolute Gasteiger partial charge is 0.492 e. The van der Waals surface area contributed by atoms with Crippen LogP contribution < -0.4 is 24.8 Å². The normalized spacial score (nSPS) is 11.5. The minimum Gasteiger partial charge on any atom is -0.492 e. The summed E-state index contributed by atoms with van der Waals surface area (Å²) >= 11 is 0. The van der Waals surface area contributed by atoms with Crippen LogP contribution in [0.15, 0.2) is 72.8 Å². The number of para-hydroxylation sites is 2. The van der Waals surface area contributed by atoms with Gasteiger partial charge in [0.15, 0.2) is 6.54 Å². The van der Waals surface area contributed by atoms with Gasteiger partial charge in [0.25, 0.3) is 16.0 Å². The highest BCUT2D eigenvalue weighted by Gasteiger charge is 2.27. The number of carbonyl (C=O) groups is 4. The Labute approximate surface area is 393 Å². The summed E-state index contributed by atoms with van der Waals surface area (Å²) in [5, 5.41) is 25.7. The molecule has 2 amide bonds. The van der Waals surface area contributed by atoms with Crippen LogP contribution in [0.1, 0.15) is 57.5 Å². The van der Waals surface area contributed by atoms with E-state index in [1.807, 2.05) is 53.1 Å². The standard InChI is InChI=1S/C47H58N4O16S/c1-33-31-35(32-34(2)45(33)66-47(57)44-36-9-3-5-11-38(36)50(19-8-30-68(58,59)60)39-12-6-4-10-37(39)44)46(56)49-18-21-62-23-25-64-27-29-65-28-26-63-24-22-61-20-17-48-40(52)13-7-14-43(55)67-51-41(53)15-16-42(51)54/h3-6,9-12,15-16,31-32H,7-8,13-14,17-30H2,1-2H3,(H4,48,49,52,56,57,58,59,60)/p+1. The molecule has 20 nitrogen and oxygen atoms in total. The number of hydrogen-bond acceptors (Lipinski definition) is 15. The van der Waals surface area contributed by atoms with E-state index in [0.29, 0.717) is 114 Å². The van der Waals surface area contributed by atoms with Gasteiger partial charge in [-0.3, -0.25) is 14.1 Å². The summed E-state index contributed by atoms with van der Waals surface area (Å²) in [7, 11) is -4.14.